The number of carbonyl (C=O) groups is 1. The highest BCUT2D eigenvalue weighted by Gasteiger charge is 1.97. The Morgan fingerprint density at radius 2 is 2.36 bits per heavy atom. The van der Waals surface area contributed by atoms with Gasteiger partial charge in [0.2, 0.25) is 0 Å². The van der Waals surface area contributed by atoms with Crippen LogP contribution in [0.2, 0.25) is 0 Å². The molecule has 0 aromatic carbocycles. The lowest BCUT2D eigenvalue weighted by atomic mass is 10.4. The molecule has 0 amide bonds. The summed E-state index contributed by atoms with van der Waals surface area (Å²) in [6.45, 7) is 2.62. The van der Waals surface area contributed by atoms with Crippen molar-refractivity contribution in [2.24, 2.45) is 0 Å². The molecule has 0 aromatic heterocycles. The van der Waals surface area contributed by atoms with Crippen molar-refractivity contribution >= 4 is 23.4 Å². The first-order valence-corrected chi connectivity index (χ1v) is 3.70. The van der Waals surface area contributed by atoms with Crippen LogP contribution >= 0.6 is 12.2 Å². The van der Waals surface area contributed by atoms with E-state index in [-0.39, 0.29) is 11.6 Å². The number of thiocarbonyl (C=S) groups is 1. The minimum Gasteiger partial charge on any atom is -0.481 e. The second-order valence-corrected chi connectivity index (χ2v) is 2.16. The topological polar surface area (TPSA) is 58.6 Å². The second-order valence-electron chi connectivity index (χ2n) is 1.79. The van der Waals surface area contributed by atoms with E-state index >= 15 is 0 Å². The zero-order valence-corrected chi connectivity index (χ0v) is 7.11. The Hall–Kier alpha value is -0.840. The van der Waals surface area contributed by atoms with Gasteiger partial charge in [-0.25, -0.2) is 0 Å². The Balaban J connectivity index is 3.24. The van der Waals surface area contributed by atoms with Crippen molar-refractivity contribution in [2.75, 3.05) is 13.2 Å². The van der Waals surface area contributed by atoms with Crippen molar-refractivity contribution in [3.63, 3.8) is 0 Å². The molecule has 0 radical (unpaired) electrons. The van der Waals surface area contributed by atoms with Crippen LogP contribution in [0.4, 0.5) is 0 Å². The minimum absolute atomic E-state index is 0.0488. The first-order chi connectivity index (χ1) is 5.16. The van der Waals surface area contributed by atoms with Crippen molar-refractivity contribution in [2.45, 2.75) is 13.3 Å². The van der Waals surface area contributed by atoms with Crippen LogP contribution in [0.1, 0.15) is 13.3 Å². The molecule has 64 valence electrons. The number of nitrogens with one attached hydrogen (secondary N) is 1. The molecule has 0 aliphatic rings. The molecular formula is C6H11NO3S. The Morgan fingerprint density at radius 3 is 2.82 bits per heavy atom. The van der Waals surface area contributed by atoms with E-state index in [9.17, 15) is 4.79 Å². The predicted octanol–water partition coefficient (Wildman–Crippen LogP) is 0.372. The first-order valence-electron chi connectivity index (χ1n) is 3.29. The highest BCUT2D eigenvalue weighted by atomic mass is 32.1. The highest BCUT2D eigenvalue weighted by Crippen LogP contribution is 1.79. The summed E-state index contributed by atoms with van der Waals surface area (Å²) in [5.41, 5.74) is 0. The number of carboxylic acid groups (broad SMARTS) is 1. The van der Waals surface area contributed by atoms with Gasteiger partial charge in [-0.3, -0.25) is 4.79 Å². The SMILES string of the molecule is CCOC(=S)NCCC(=O)O. The summed E-state index contributed by atoms with van der Waals surface area (Å²) in [6, 6.07) is 0. The van der Waals surface area contributed by atoms with Crippen LogP contribution in [0.25, 0.3) is 0 Å². The van der Waals surface area contributed by atoms with Crippen molar-refractivity contribution < 1.29 is 14.6 Å². The number of hydrogen-bond donors (Lipinski definition) is 2. The third-order valence-electron chi connectivity index (χ3n) is 0.884. The van der Waals surface area contributed by atoms with E-state index in [2.05, 4.69) is 17.5 Å². The molecule has 0 unspecified atom stereocenters. The Morgan fingerprint density at radius 1 is 1.73 bits per heavy atom. The van der Waals surface area contributed by atoms with Gasteiger partial charge in [0, 0.05) is 6.54 Å². The Bertz CT molecular complexity index is 149. The Labute approximate surface area is 70.5 Å². The average Bonchev–Trinajstić information content (AvgIpc) is 1.87. The largest absolute Gasteiger partial charge is 0.481 e. The number of ether oxygens (including phenoxy) is 1. The summed E-state index contributed by atoms with van der Waals surface area (Å²) in [5.74, 6) is -0.850. The summed E-state index contributed by atoms with van der Waals surface area (Å²) < 4.78 is 4.85. The molecule has 0 aliphatic carbocycles. The van der Waals surface area contributed by atoms with Crippen molar-refractivity contribution in [3.05, 3.63) is 0 Å². The van der Waals surface area contributed by atoms with E-state index in [1.54, 1.807) is 0 Å². The molecule has 11 heavy (non-hydrogen) atoms. The smallest absolute Gasteiger partial charge is 0.305 e. The molecule has 4 nitrogen and oxygen atoms in total. The van der Waals surface area contributed by atoms with Crippen LogP contribution in [0.3, 0.4) is 0 Å². The molecule has 0 rings (SSSR count). The van der Waals surface area contributed by atoms with Crippen LogP contribution in [-0.4, -0.2) is 29.4 Å². The zero-order chi connectivity index (χ0) is 8.69. The fourth-order valence-corrected chi connectivity index (χ4v) is 0.674. The van der Waals surface area contributed by atoms with E-state index < -0.39 is 5.97 Å². The van der Waals surface area contributed by atoms with Gasteiger partial charge in [0.1, 0.15) is 0 Å². The summed E-state index contributed by atoms with van der Waals surface area (Å²) in [6.07, 6.45) is 0.0488. The van der Waals surface area contributed by atoms with Crippen LogP contribution < -0.4 is 5.32 Å². The maximum absolute atomic E-state index is 10.0. The fraction of sp³-hybridized carbons (Fsp3) is 0.667. The zero-order valence-electron chi connectivity index (χ0n) is 6.29. The van der Waals surface area contributed by atoms with Crippen LogP contribution in [0.15, 0.2) is 0 Å². The standard InChI is InChI=1S/C6H11NO3S/c1-2-10-6(11)7-4-3-5(8)9/h2-4H2,1H3,(H,7,11)(H,8,9). The minimum atomic E-state index is -0.850. The first kappa shape index (κ1) is 10.2. The normalized spacial score (nSPS) is 8.82. The van der Waals surface area contributed by atoms with E-state index in [4.69, 9.17) is 9.84 Å². The van der Waals surface area contributed by atoms with Gasteiger partial charge in [0.25, 0.3) is 5.17 Å². The third kappa shape index (κ3) is 7.05. The van der Waals surface area contributed by atoms with Gasteiger partial charge in [-0.2, -0.15) is 0 Å². The second kappa shape index (κ2) is 5.91. The van der Waals surface area contributed by atoms with Crippen LogP contribution in [-0.2, 0) is 9.53 Å². The van der Waals surface area contributed by atoms with Gasteiger partial charge < -0.3 is 15.2 Å². The summed E-state index contributed by atoms with van der Waals surface area (Å²) in [7, 11) is 0. The molecule has 0 saturated heterocycles. The lowest BCUT2D eigenvalue weighted by Crippen LogP contribution is -2.26. The number of rotatable bonds is 4. The van der Waals surface area contributed by atoms with Gasteiger partial charge in [0.15, 0.2) is 0 Å². The summed E-state index contributed by atoms with van der Waals surface area (Å²) in [5, 5.41) is 11.1. The van der Waals surface area contributed by atoms with Gasteiger partial charge >= 0.3 is 5.97 Å². The van der Waals surface area contributed by atoms with Gasteiger partial charge in [-0.05, 0) is 19.1 Å². The molecule has 0 spiro atoms. The van der Waals surface area contributed by atoms with Crippen molar-refractivity contribution in [1.82, 2.24) is 5.32 Å². The van der Waals surface area contributed by atoms with Gasteiger partial charge in [-0.1, -0.05) is 0 Å². The molecule has 0 aliphatic heterocycles. The van der Waals surface area contributed by atoms with E-state index in [1.165, 1.54) is 0 Å². The van der Waals surface area contributed by atoms with Crippen molar-refractivity contribution in [1.29, 1.82) is 0 Å². The maximum atomic E-state index is 10.0. The monoisotopic (exact) mass is 177 g/mol. The molecular weight excluding hydrogens is 166 g/mol. The highest BCUT2D eigenvalue weighted by molar-refractivity contribution is 7.80. The van der Waals surface area contributed by atoms with Crippen LogP contribution in [0, 0.1) is 0 Å². The number of hydrogen-bond acceptors (Lipinski definition) is 3. The quantitative estimate of drug-likeness (QED) is 0.608. The predicted molar refractivity (Wildman–Crippen MR) is 44.5 cm³/mol. The van der Waals surface area contributed by atoms with Gasteiger partial charge in [-0.15, -0.1) is 0 Å². The van der Waals surface area contributed by atoms with Crippen molar-refractivity contribution in [3.8, 4) is 0 Å². The number of carboxylic acids is 1. The Kier molecular flexibility index (Phi) is 5.46. The molecule has 0 fully saturated rings. The van der Waals surface area contributed by atoms with E-state index in [0.717, 1.165) is 0 Å². The fourth-order valence-electron chi connectivity index (χ4n) is 0.454. The van der Waals surface area contributed by atoms with E-state index in [1.807, 2.05) is 6.92 Å². The van der Waals surface area contributed by atoms with Gasteiger partial charge in [0.05, 0.1) is 13.0 Å². The van der Waals surface area contributed by atoms with Crippen LogP contribution in [0.5, 0.6) is 0 Å². The third-order valence-corrected chi connectivity index (χ3v) is 1.15. The molecule has 0 atom stereocenters. The molecule has 2 N–H and O–H groups in total. The van der Waals surface area contributed by atoms with E-state index in [0.29, 0.717) is 13.2 Å². The lowest BCUT2D eigenvalue weighted by Gasteiger charge is -2.05. The molecule has 0 saturated carbocycles. The lowest BCUT2D eigenvalue weighted by molar-refractivity contribution is -0.136. The molecule has 5 heteroatoms. The molecule has 0 bridgehead atoms. The summed E-state index contributed by atoms with van der Waals surface area (Å²) >= 11 is 4.68. The molecule has 0 heterocycles. The summed E-state index contributed by atoms with van der Waals surface area (Å²) in [4.78, 5) is 10.0. The average molecular weight is 177 g/mol. The maximum Gasteiger partial charge on any atom is 0.305 e. The molecule has 0 aromatic rings. The number of aliphatic carboxylic acids is 1.